The van der Waals surface area contributed by atoms with Gasteiger partial charge < -0.3 is 10.6 Å². The van der Waals surface area contributed by atoms with Crippen LogP contribution in [0.15, 0.2) is 18.3 Å². The third kappa shape index (κ3) is 2.62. The Kier molecular flexibility index (Phi) is 3.74. The summed E-state index contributed by atoms with van der Waals surface area (Å²) in [5.41, 5.74) is 7.02. The van der Waals surface area contributed by atoms with Crippen LogP contribution in [0.1, 0.15) is 57.1 Å². The highest BCUT2D eigenvalue weighted by Crippen LogP contribution is 2.37. The van der Waals surface area contributed by atoms with Crippen molar-refractivity contribution in [2.45, 2.75) is 57.5 Å². The van der Waals surface area contributed by atoms with Crippen molar-refractivity contribution in [1.82, 2.24) is 4.98 Å². The molecule has 3 heteroatoms. The van der Waals surface area contributed by atoms with Gasteiger partial charge in [0.1, 0.15) is 5.82 Å². The molecular weight excluding hydrogens is 234 g/mol. The number of hydrogen-bond acceptors (Lipinski definition) is 3. The first-order valence-electron chi connectivity index (χ1n) is 7.74. The van der Waals surface area contributed by atoms with Gasteiger partial charge in [0, 0.05) is 24.8 Å². The summed E-state index contributed by atoms with van der Waals surface area (Å²) in [6.45, 7) is 3.18. The lowest BCUT2D eigenvalue weighted by atomic mass is 9.96. The molecule has 2 atom stereocenters. The SMILES string of the molecule is C[C@@H](N)c1ccc(N2CCCC2C2CCCC2)nc1. The Hall–Kier alpha value is -1.09. The number of nitrogens with zero attached hydrogens (tertiary/aromatic N) is 2. The summed E-state index contributed by atoms with van der Waals surface area (Å²) in [5.74, 6) is 2.05. The molecule has 0 aromatic carbocycles. The molecule has 0 radical (unpaired) electrons. The van der Waals surface area contributed by atoms with Crippen molar-refractivity contribution < 1.29 is 0 Å². The number of pyridine rings is 1. The lowest BCUT2D eigenvalue weighted by molar-refractivity contribution is 0.429. The van der Waals surface area contributed by atoms with Crippen molar-refractivity contribution in [3.63, 3.8) is 0 Å². The first kappa shape index (κ1) is 12.9. The van der Waals surface area contributed by atoms with E-state index < -0.39 is 0 Å². The molecule has 104 valence electrons. The van der Waals surface area contributed by atoms with Crippen molar-refractivity contribution in [3.05, 3.63) is 23.9 Å². The first-order chi connectivity index (χ1) is 9.25. The standard InChI is InChI=1S/C16H25N3/c1-12(17)14-8-9-16(18-11-14)19-10-4-7-15(19)13-5-2-3-6-13/h8-9,11-13,15H,2-7,10,17H2,1H3/t12-,15?/m1/s1. The summed E-state index contributed by atoms with van der Waals surface area (Å²) in [4.78, 5) is 7.19. The summed E-state index contributed by atoms with van der Waals surface area (Å²) >= 11 is 0. The Labute approximate surface area is 116 Å². The predicted octanol–water partition coefficient (Wildman–Crippen LogP) is 3.26. The minimum atomic E-state index is 0.0748. The summed E-state index contributed by atoms with van der Waals surface area (Å²) in [7, 11) is 0. The van der Waals surface area contributed by atoms with E-state index >= 15 is 0 Å². The largest absolute Gasteiger partial charge is 0.353 e. The molecule has 1 aliphatic carbocycles. The van der Waals surface area contributed by atoms with Crippen molar-refractivity contribution in [2.75, 3.05) is 11.4 Å². The number of nitrogens with two attached hydrogens (primary N) is 1. The summed E-state index contributed by atoms with van der Waals surface area (Å²) < 4.78 is 0. The van der Waals surface area contributed by atoms with Crippen LogP contribution in [0.25, 0.3) is 0 Å². The molecule has 1 aliphatic heterocycles. The lowest BCUT2D eigenvalue weighted by Crippen LogP contribution is -2.35. The number of hydrogen-bond donors (Lipinski definition) is 1. The van der Waals surface area contributed by atoms with Gasteiger partial charge in [-0.3, -0.25) is 0 Å². The van der Waals surface area contributed by atoms with Gasteiger partial charge in [0.2, 0.25) is 0 Å². The summed E-state index contributed by atoms with van der Waals surface area (Å²) in [6.07, 6.45) is 10.3. The van der Waals surface area contributed by atoms with E-state index in [1.54, 1.807) is 0 Å². The van der Waals surface area contributed by atoms with Gasteiger partial charge in [-0.1, -0.05) is 18.9 Å². The average Bonchev–Trinajstić information content (AvgIpc) is 3.09. The van der Waals surface area contributed by atoms with E-state index in [4.69, 9.17) is 5.73 Å². The van der Waals surface area contributed by atoms with E-state index in [-0.39, 0.29) is 6.04 Å². The molecule has 2 N–H and O–H groups in total. The Balaban J connectivity index is 1.76. The minimum absolute atomic E-state index is 0.0748. The molecule has 1 aromatic heterocycles. The molecule has 2 fully saturated rings. The van der Waals surface area contributed by atoms with Gasteiger partial charge in [0.25, 0.3) is 0 Å². The van der Waals surface area contributed by atoms with Crippen LogP contribution in [0.3, 0.4) is 0 Å². The van der Waals surface area contributed by atoms with Gasteiger partial charge >= 0.3 is 0 Å². The molecule has 2 aliphatic rings. The van der Waals surface area contributed by atoms with E-state index in [2.05, 4.69) is 22.0 Å². The molecule has 0 amide bonds. The Morgan fingerprint density at radius 1 is 1.21 bits per heavy atom. The fourth-order valence-corrected chi connectivity index (χ4v) is 3.75. The third-order valence-electron chi connectivity index (χ3n) is 4.83. The molecule has 3 nitrogen and oxygen atoms in total. The second-order valence-corrected chi connectivity index (χ2v) is 6.19. The predicted molar refractivity (Wildman–Crippen MR) is 79.2 cm³/mol. The zero-order valence-corrected chi connectivity index (χ0v) is 11.9. The van der Waals surface area contributed by atoms with E-state index in [0.29, 0.717) is 0 Å². The average molecular weight is 259 g/mol. The van der Waals surface area contributed by atoms with Crippen LogP contribution in [-0.4, -0.2) is 17.6 Å². The molecule has 1 unspecified atom stereocenters. The summed E-state index contributed by atoms with van der Waals surface area (Å²) in [5, 5.41) is 0. The van der Waals surface area contributed by atoms with Crippen LogP contribution in [0.5, 0.6) is 0 Å². The number of aromatic nitrogens is 1. The van der Waals surface area contributed by atoms with Crippen molar-refractivity contribution in [2.24, 2.45) is 11.7 Å². The van der Waals surface area contributed by atoms with Crippen molar-refractivity contribution >= 4 is 5.82 Å². The zero-order valence-electron chi connectivity index (χ0n) is 11.9. The second-order valence-electron chi connectivity index (χ2n) is 6.19. The van der Waals surface area contributed by atoms with Gasteiger partial charge in [-0.25, -0.2) is 4.98 Å². The van der Waals surface area contributed by atoms with Crippen molar-refractivity contribution in [1.29, 1.82) is 0 Å². The molecule has 1 saturated heterocycles. The Bertz CT molecular complexity index is 407. The minimum Gasteiger partial charge on any atom is -0.353 e. The maximum Gasteiger partial charge on any atom is 0.128 e. The smallest absolute Gasteiger partial charge is 0.128 e. The molecular formula is C16H25N3. The second kappa shape index (κ2) is 5.49. The zero-order chi connectivity index (χ0) is 13.2. The van der Waals surface area contributed by atoms with Crippen LogP contribution in [-0.2, 0) is 0 Å². The maximum absolute atomic E-state index is 5.89. The van der Waals surface area contributed by atoms with Crippen LogP contribution in [0, 0.1) is 5.92 Å². The topological polar surface area (TPSA) is 42.1 Å². The fourth-order valence-electron chi connectivity index (χ4n) is 3.75. The van der Waals surface area contributed by atoms with E-state index in [9.17, 15) is 0 Å². The highest BCUT2D eigenvalue weighted by atomic mass is 15.2. The highest BCUT2D eigenvalue weighted by Gasteiger charge is 2.33. The summed E-state index contributed by atoms with van der Waals surface area (Å²) in [6, 6.07) is 5.10. The normalized spacial score (nSPS) is 26.0. The highest BCUT2D eigenvalue weighted by molar-refractivity contribution is 5.42. The quantitative estimate of drug-likeness (QED) is 0.906. The van der Waals surface area contributed by atoms with Gasteiger partial charge in [0.15, 0.2) is 0 Å². The maximum atomic E-state index is 5.89. The fraction of sp³-hybridized carbons (Fsp3) is 0.688. The molecule has 0 spiro atoms. The van der Waals surface area contributed by atoms with E-state index in [1.807, 2.05) is 13.1 Å². The van der Waals surface area contributed by atoms with Crippen LogP contribution < -0.4 is 10.6 Å². The van der Waals surface area contributed by atoms with E-state index in [1.165, 1.54) is 45.1 Å². The van der Waals surface area contributed by atoms with Gasteiger partial charge in [-0.05, 0) is 50.2 Å². The first-order valence-corrected chi connectivity index (χ1v) is 7.74. The van der Waals surface area contributed by atoms with Crippen molar-refractivity contribution in [3.8, 4) is 0 Å². The Morgan fingerprint density at radius 3 is 2.63 bits per heavy atom. The molecule has 1 saturated carbocycles. The van der Waals surface area contributed by atoms with Gasteiger partial charge in [0.05, 0.1) is 0 Å². The van der Waals surface area contributed by atoms with Gasteiger partial charge in [-0.15, -0.1) is 0 Å². The van der Waals surface area contributed by atoms with Gasteiger partial charge in [-0.2, -0.15) is 0 Å². The monoisotopic (exact) mass is 259 g/mol. The number of anilines is 1. The van der Waals surface area contributed by atoms with E-state index in [0.717, 1.165) is 23.3 Å². The van der Waals surface area contributed by atoms with Crippen LogP contribution in [0.4, 0.5) is 5.82 Å². The number of rotatable bonds is 3. The molecule has 0 bridgehead atoms. The molecule has 1 aromatic rings. The lowest BCUT2D eigenvalue weighted by Gasteiger charge is -2.30. The molecule has 3 rings (SSSR count). The van der Waals surface area contributed by atoms with Crippen LogP contribution >= 0.6 is 0 Å². The Morgan fingerprint density at radius 2 is 2.00 bits per heavy atom. The molecule has 2 heterocycles. The van der Waals surface area contributed by atoms with Crippen LogP contribution in [0.2, 0.25) is 0 Å². The third-order valence-corrected chi connectivity index (χ3v) is 4.83. The molecule has 19 heavy (non-hydrogen) atoms.